The lowest BCUT2D eigenvalue weighted by atomic mass is 9.92. The molecule has 0 bridgehead atoms. The van der Waals surface area contributed by atoms with E-state index in [1.807, 2.05) is 21.8 Å². The van der Waals surface area contributed by atoms with Gasteiger partial charge in [0.05, 0.1) is 5.54 Å². The lowest BCUT2D eigenvalue weighted by Gasteiger charge is -2.24. The fraction of sp³-hybridized carbons (Fsp3) is 0.833. The summed E-state index contributed by atoms with van der Waals surface area (Å²) < 4.78 is 0. The van der Waals surface area contributed by atoms with E-state index in [-0.39, 0.29) is 11.3 Å². The van der Waals surface area contributed by atoms with Gasteiger partial charge >= 0.3 is 0 Å². The first-order valence-corrected chi connectivity index (χ1v) is 3.26. The standard InChI is InChI=1S/C6H14BNO/c1-4-6(3,8-7)5(2)9/h8H,4,7H2,1-3H3. The van der Waals surface area contributed by atoms with Gasteiger partial charge in [-0.25, -0.2) is 0 Å². The minimum Gasteiger partial charge on any atom is -0.351 e. The van der Waals surface area contributed by atoms with E-state index in [0.717, 1.165) is 6.42 Å². The molecule has 9 heavy (non-hydrogen) atoms. The molecule has 0 aromatic heterocycles. The van der Waals surface area contributed by atoms with Crippen LogP contribution in [0.4, 0.5) is 0 Å². The van der Waals surface area contributed by atoms with Gasteiger partial charge in [0.25, 0.3) is 0 Å². The van der Waals surface area contributed by atoms with Crippen LogP contribution < -0.4 is 5.23 Å². The second kappa shape index (κ2) is 3.02. The molecular weight excluding hydrogens is 113 g/mol. The van der Waals surface area contributed by atoms with E-state index in [2.05, 4.69) is 5.23 Å². The summed E-state index contributed by atoms with van der Waals surface area (Å²) in [5.41, 5.74) is -0.306. The molecule has 0 aromatic rings. The Morgan fingerprint density at radius 2 is 2.22 bits per heavy atom. The molecule has 0 radical (unpaired) electrons. The van der Waals surface area contributed by atoms with Gasteiger partial charge in [0.2, 0.25) is 0 Å². The average Bonchev–Trinajstić information content (AvgIpc) is 1.86. The minimum absolute atomic E-state index is 0.201. The first kappa shape index (κ1) is 8.69. The molecule has 0 aliphatic carbocycles. The highest BCUT2D eigenvalue weighted by molar-refractivity contribution is 6.07. The summed E-state index contributed by atoms with van der Waals surface area (Å²) >= 11 is 0. The van der Waals surface area contributed by atoms with E-state index in [1.54, 1.807) is 6.92 Å². The number of hydrogen-bond acceptors (Lipinski definition) is 2. The maximum Gasteiger partial charge on any atom is 0.183 e. The van der Waals surface area contributed by atoms with Gasteiger partial charge in [0.15, 0.2) is 7.98 Å². The Balaban J connectivity index is 4.09. The van der Waals surface area contributed by atoms with Gasteiger partial charge in [0.1, 0.15) is 5.78 Å². The third-order valence-corrected chi connectivity index (χ3v) is 2.04. The number of carbonyl (C=O) groups excluding carboxylic acids is 1. The van der Waals surface area contributed by atoms with E-state index >= 15 is 0 Å². The summed E-state index contributed by atoms with van der Waals surface area (Å²) in [5, 5.41) is 2.98. The van der Waals surface area contributed by atoms with E-state index in [9.17, 15) is 4.79 Å². The second-order valence-corrected chi connectivity index (χ2v) is 2.49. The lowest BCUT2D eigenvalue weighted by molar-refractivity contribution is -0.122. The van der Waals surface area contributed by atoms with E-state index in [1.165, 1.54) is 0 Å². The van der Waals surface area contributed by atoms with Crippen LogP contribution in [0.1, 0.15) is 27.2 Å². The third kappa shape index (κ3) is 1.82. The fourth-order valence-corrected chi connectivity index (χ4v) is 0.602. The maximum absolute atomic E-state index is 10.9. The zero-order chi connectivity index (χ0) is 7.49. The Morgan fingerprint density at radius 3 is 2.22 bits per heavy atom. The summed E-state index contributed by atoms with van der Waals surface area (Å²) in [5.74, 6) is 0.201. The van der Waals surface area contributed by atoms with Crippen LogP contribution in [0.15, 0.2) is 0 Å². The Hall–Kier alpha value is -0.305. The normalized spacial score (nSPS) is 16.8. The lowest BCUT2D eigenvalue weighted by Crippen LogP contribution is -2.46. The number of ketones is 1. The molecule has 0 fully saturated rings. The monoisotopic (exact) mass is 127 g/mol. The highest BCUT2D eigenvalue weighted by Crippen LogP contribution is 2.07. The second-order valence-electron chi connectivity index (χ2n) is 2.49. The maximum atomic E-state index is 10.9. The van der Waals surface area contributed by atoms with Gasteiger partial charge in [-0.2, -0.15) is 0 Å². The van der Waals surface area contributed by atoms with Crippen molar-refractivity contribution in [3.05, 3.63) is 0 Å². The van der Waals surface area contributed by atoms with E-state index in [0.29, 0.717) is 0 Å². The Kier molecular flexibility index (Phi) is 2.91. The largest absolute Gasteiger partial charge is 0.351 e. The fourth-order valence-electron chi connectivity index (χ4n) is 0.602. The molecule has 0 rings (SSSR count). The van der Waals surface area contributed by atoms with E-state index < -0.39 is 0 Å². The summed E-state index contributed by atoms with van der Waals surface area (Å²) in [6.45, 7) is 5.52. The third-order valence-electron chi connectivity index (χ3n) is 2.04. The van der Waals surface area contributed by atoms with Crippen molar-refractivity contribution in [3.8, 4) is 0 Å². The van der Waals surface area contributed by atoms with Gasteiger partial charge in [-0.3, -0.25) is 4.79 Å². The van der Waals surface area contributed by atoms with Gasteiger partial charge in [-0.1, -0.05) is 6.92 Å². The molecule has 2 nitrogen and oxygen atoms in total. The molecule has 0 spiro atoms. The Morgan fingerprint density at radius 1 is 1.78 bits per heavy atom. The van der Waals surface area contributed by atoms with Crippen LogP contribution in [0.3, 0.4) is 0 Å². The van der Waals surface area contributed by atoms with Crippen molar-refractivity contribution in [2.24, 2.45) is 0 Å². The van der Waals surface area contributed by atoms with Crippen LogP contribution in [0.5, 0.6) is 0 Å². The quantitative estimate of drug-likeness (QED) is 0.535. The molecule has 0 aliphatic heterocycles. The summed E-state index contributed by atoms with van der Waals surface area (Å²) in [4.78, 5) is 10.9. The molecule has 52 valence electrons. The van der Waals surface area contributed by atoms with Crippen LogP contribution >= 0.6 is 0 Å². The molecule has 1 N–H and O–H groups in total. The zero-order valence-electron chi connectivity index (χ0n) is 6.62. The number of Topliss-reactive ketones (excluding diaryl/α,β-unsaturated/α-hetero) is 1. The van der Waals surface area contributed by atoms with Crippen molar-refractivity contribution in [1.82, 2.24) is 5.23 Å². The average molecular weight is 127 g/mol. The highest BCUT2D eigenvalue weighted by Gasteiger charge is 2.23. The van der Waals surface area contributed by atoms with Crippen molar-refractivity contribution in [2.75, 3.05) is 0 Å². The van der Waals surface area contributed by atoms with Crippen molar-refractivity contribution in [1.29, 1.82) is 0 Å². The molecular formula is C6H14BNO. The molecule has 3 heteroatoms. The number of rotatable bonds is 3. The first-order chi connectivity index (χ1) is 4.06. The highest BCUT2D eigenvalue weighted by atomic mass is 16.1. The van der Waals surface area contributed by atoms with Crippen LogP contribution in [0.2, 0.25) is 0 Å². The zero-order valence-corrected chi connectivity index (χ0v) is 6.62. The smallest absolute Gasteiger partial charge is 0.183 e. The van der Waals surface area contributed by atoms with Crippen molar-refractivity contribution in [2.45, 2.75) is 32.7 Å². The Labute approximate surface area is 57.4 Å². The van der Waals surface area contributed by atoms with Crippen molar-refractivity contribution in [3.63, 3.8) is 0 Å². The molecule has 0 aliphatic rings. The summed E-state index contributed by atoms with van der Waals surface area (Å²) in [7, 11) is 1.81. The van der Waals surface area contributed by atoms with Crippen LogP contribution in [0.25, 0.3) is 0 Å². The molecule has 0 heterocycles. The molecule has 1 unspecified atom stereocenters. The van der Waals surface area contributed by atoms with Crippen LogP contribution in [-0.4, -0.2) is 19.3 Å². The molecule has 0 aromatic carbocycles. The predicted octanol–water partition coefficient (Wildman–Crippen LogP) is -0.118. The summed E-state index contributed by atoms with van der Waals surface area (Å²) in [6.07, 6.45) is 0.846. The first-order valence-electron chi connectivity index (χ1n) is 3.26. The van der Waals surface area contributed by atoms with Crippen molar-refractivity contribution < 1.29 is 4.79 Å². The molecule has 0 amide bonds. The predicted molar refractivity (Wildman–Crippen MR) is 41.1 cm³/mol. The van der Waals surface area contributed by atoms with Gasteiger partial charge in [-0.15, -0.1) is 0 Å². The van der Waals surface area contributed by atoms with Crippen LogP contribution in [0, 0.1) is 0 Å². The van der Waals surface area contributed by atoms with Gasteiger partial charge in [-0.05, 0) is 20.3 Å². The topological polar surface area (TPSA) is 29.1 Å². The van der Waals surface area contributed by atoms with Crippen molar-refractivity contribution >= 4 is 13.8 Å². The molecule has 0 saturated heterocycles. The van der Waals surface area contributed by atoms with Gasteiger partial charge in [0, 0.05) is 0 Å². The SMILES string of the molecule is BNC(C)(CC)C(C)=O. The minimum atomic E-state index is -0.306. The molecule has 0 saturated carbocycles. The number of hydrogen-bond donors (Lipinski definition) is 1. The van der Waals surface area contributed by atoms with E-state index in [4.69, 9.17) is 0 Å². The van der Waals surface area contributed by atoms with Gasteiger partial charge < -0.3 is 5.23 Å². The Bertz CT molecular complexity index is 110. The number of carbonyl (C=O) groups is 1. The van der Waals surface area contributed by atoms with Crippen LogP contribution in [-0.2, 0) is 4.79 Å². The summed E-state index contributed by atoms with van der Waals surface area (Å²) in [6, 6.07) is 0. The molecule has 1 atom stereocenters. The number of nitrogens with one attached hydrogen (secondary N) is 1.